The fourth-order valence-electron chi connectivity index (χ4n) is 3.46. The highest BCUT2D eigenvalue weighted by molar-refractivity contribution is 5.52. The Morgan fingerprint density at radius 2 is 2.04 bits per heavy atom. The molecule has 0 N–H and O–H groups in total. The van der Waals surface area contributed by atoms with Gasteiger partial charge in [0, 0.05) is 29.9 Å². The third-order valence-electron chi connectivity index (χ3n) is 4.68. The van der Waals surface area contributed by atoms with E-state index in [2.05, 4.69) is 19.9 Å². The molecule has 1 aliphatic rings. The van der Waals surface area contributed by atoms with Gasteiger partial charge in [-0.1, -0.05) is 18.2 Å². The summed E-state index contributed by atoms with van der Waals surface area (Å²) in [5, 5.41) is 0. The van der Waals surface area contributed by atoms with Crippen LogP contribution in [-0.2, 0) is 6.54 Å². The van der Waals surface area contributed by atoms with Crippen LogP contribution in [0.3, 0.4) is 0 Å². The summed E-state index contributed by atoms with van der Waals surface area (Å²) in [6.07, 6.45) is 6.06. The van der Waals surface area contributed by atoms with Crippen LogP contribution in [0.15, 0.2) is 53.2 Å². The van der Waals surface area contributed by atoms with Crippen LogP contribution < -0.4 is 0 Å². The van der Waals surface area contributed by atoms with Crippen LogP contribution >= 0.6 is 0 Å². The molecule has 4 rings (SSSR count). The third kappa shape index (κ3) is 3.77. The quantitative estimate of drug-likeness (QED) is 0.726. The molecule has 1 aliphatic heterocycles. The molecule has 0 aliphatic carbocycles. The molecule has 1 fully saturated rings. The molecule has 1 aromatic carbocycles. The van der Waals surface area contributed by atoms with E-state index < -0.39 is 0 Å². The molecule has 25 heavy (non-hydrogen) atoms. The summed E-state index contributed by atoms with van der Waals surface area (Å²) < 4.78 is 5.95. The molecule has 1 atom stereocenters. The summed E-state index contributed by atoms with van der Waals surface area (Å²) in [4.78, 5) is 15.7. The average molecular weight is 334 g/mol. The van der Waals surface area contributed by atoms with Crippen molar-refractivity contribution in [2.45, 2.75) is 32.2 Å². The Hall–Kier alpha value is -2.53. The molecule has 0 saturated carbocycles. The van der Waals surface area contributed by atoms with E-state index in [0.717, 1.165) is 42.5 Å². The minimum Gasteiger partial charge on any atom is -0.440 e. The fourth-order valence-corrected chi connectivity index (χ4v) is 3.46. The highest BCUT2D eigenvalue weighted by Crippen LogP contribution is 2.27. The maximum atomic E-state index is 5.95. The van der Waals surface area contributed by atoms with Crippen LogP contribution in [0.4, 0.5) is 0 Å². The lowest BCUT2D eigenvalue weighted by Crippen LogP contribution is -2.34. The largest absolute Gasteiger partial charge is 0.440 e. The number of piperidine rings is 1. The topological polar surface area (TPSA) is 55.1 Å². The van der Waals surface area contributed by atoms with Crippen molar-refractivity contribution in [2.75, 3.05) is 13.1 Å². The minimum absolute atomic E-state index is 0.465. The van der Waals surface area contributed by atoms with Crippen molar-refractivity contribution in [1.29, 1.82) is 0 Å². The predicted octanol–water partition coefficient (Wildman–Crippen LogP) is 3.82. The van der Waals surface area contributed by atoms with Gasteiger partial charge in [0.25, 0.3) is 0 Å². The molecule has 0 bridgehead atoms. The number of aromatic nitrogens is 3. The van der Waals surface area contributed by atoms with Crippen molar-refractivity contribution in [1.82, 2.24) is 19.9 Å². The number of hydrogen-bond donors (Lipinski definition) is 0. The van der Waals surface area contributed by atoms with Crippen molar-refractivity contribution in [2.24, 2.45) is 0 Å². The number of hydrogen-bond acceptors (Lipinski definition) is 5. The normalized spacial score (nSPS) is 18.4. The smallest absolute Gasteiger partial charge is 0.226 e. The number of oxazole rings is 1. The summed E-state index contributed by atoms with van der Waals surface area (Å²) in [5.74, 6) is 2.92. The fraction of sp³-hybridized carbons (Fsp3) is 0.350. The molecule has 0 spiro atoms. The second kappa shape index (κ2) is 7.15. The Balaban J connectivity index is 1.43. The molecular formula is C20H22N4O. The average Bonchev–Trinajstić information content (AvgIpc) is 3.11. The number of aryl methyl sites for hydroxylation is 1. The van der Waals surface area contributed by atoms with Crippen molar-refractivity contribution < 1.29 is 4.42 Å². The molecule has 1 unspecified atom stereocenters. The molecule has 0 amide bonds. The van der Waals surface area contributed by atoms with E-state index in [-0.39, 0.29) is 0 Å². The third-order valence-corrected chi connectivity index (χ3v) is 4.68. The van der Waals surface area contributed by atoms with Crippen molar-refractivity contribution in [3.8, 4) is 11.5 Å². The maximum absolute atomic E-state index is 5.95. The first kappa shape index (κ1) is 16.0. The Morgan fingerprint density at radius 1 is 1.16 bits per heavy atom. The molecule has 3 heterocycles. The molecule has 1 saturated heterocycles. The Kier molecular flexibility index (Phi) is 4.57. The van der Waals surface area contributed by atoms with Gasteiger partial charge in [0.15, 0.2) is 0 Å². The van der Waals surface area contributed by atoms with Gasteiger partial charge in [-0.3, -0.25) is 4.90 Å². The number of benzene rings is 1. The lowest BCUT2D eigenvalue weighted by Gasteiger charge is -2.31. The first-order chi connectivity index (χ1) is 12.3. The first-order valence-electron chi connectivity index (χ1n) is 8.80. The zero-order valence-electron chi connectivity index (χ0n) is 14.4. The van der Waals surface area contributed by atoms with Gasteiger partial charge in [-0.25, -0.2) is 15.0 Å². The SMILES string of the molecule is Cc1nccc(C2CCCN(Cc3cnc(-c4ccccc4)o3)C2)n1. The molecule has 5 heteroatoms. The van der Waals surface area contributed by atoms with Crippen LogP contribution in [0, 0.1) is 6.92 Å². The van der Waals surface area contributed by atoms with E-state index in [4.69, 9.17) is 4.42 Å². The van der Waals surface area contributed by atoms with Gasteiger partial charge in [-0.05, 0) is 44.5 Å². The summed E-state index contributed by atoms with van der Waals surface area (Å²) in [6.45, 7) is 4.82. The second-order valence-electron chi connectivity index (χ2n) is 6.60. The van der Waals surface area contributed by atoms with Gasteiger partial charge in [-0.2, -0.15) is 0 Å². The predicted molar refractivity (Wildman–Crippen MR) is 96.0 cm³/mol. The van der Waals surface area contributed by atoms with Crippen LogP contribution in [0.2, 0.25) is 0 Å². The van der Waals surface area contributed by atoms with Crippen LogP contribution in [0.5, 0.6) is 0 Å². The lowest BCUT2D eigenvalue weighted by atomic mass is 9.94. The summed E-state index contributed by atoms with van der Waals surface area (Å²) in [6, 6.07) is 12.1. The van der Waals surface area contributed by atoms with E-state index in [1.165, 1.54) is 12.8 Å². The number of rotatable bonds is 4. The number of nitrogens with zero attached hydrogens (tertiary/aromatic N) is 4. The van der Waals surface area contributed by atoms with Crippen molar-refractivity contribution in [3.05, 3.63) is 66.1 Å². The maximum Gasteiger partial charge on any atom is 0.226 e. The van der Waals surface area contributed by atoms with Crippen LogP contribution in [0.25, 0.3) is 11.5 Å². The van der Waals surface area contributed by atoms with Gasteiger partial charge in [-0.15, -0.1) is 0 Å². The highest BCUT2D eigenvalue weighted by atomic mass is 16.4. The molecule has 5 nitrogen and oxygen atoms in total. The van der Waals surface area contributed by atoms with E-state index in [1.807, 2.05) is 55.7 Å². The van der Waals surface area contributed by atoms with E-state index in [0.29, 0.717) is 11.8 Å². The Labute approximate surface area is 147 Å². The van der Waals surface area contributed by atoms with Crippen molar-refractivity contribution >= 4 is 0 Å². The zero-order valence-corrected chi connectivity index (χ0v) is 14.4. The monoisotopic (exact) mass is 334 g/mol. The Bertz CT molecular complexity index is 830. The minimum atomic E-state index is 0.465. The molecule has 3 aromatic rings. The van der Waals surface area contributed by atoms with E-state index in [1.54, 1.807) is 0 Å². The van der Waals surface area contributed by atoms with Gasteiger partial charge in [0.05, 0.1) is 12.7 Å². The summed E-state index contributed by atoms with van der Waals surface area (Å²) in [5.41, 5.74) is 2.17. The summed E-state index contributed by atoms with van der Waals surface area (Å²) >= 11 is 0. The van der Waals surface area contributed by atoms with Gasteiger partial charge < -0.3 is 4.42 Å². The first-order valence-corrected chi connectivity index (χ1v) is 8.80. The van der Waals surface area contributed by atoms with Gasteiger partial charge >= 0.3 is 0 Å². The zero-order chi connectivity index (χ0) is 17.1. The number of likely N-dealkylation sites (tertiary alicyclic amines) is 1. The molecule has 0 radical (unpaired) electrons. The standard InChI is InChI=1S/C20H22N4O/c1-15-21-10-9-19(23-15)17-8-5-11-24(13-17)14-18-12-22-20(25-18)16-6-3-2-4-7-16/h2-4,6-7,9-10,12,17H,5,8,11,13-14H2,1H3. The molecule has 128 valence electrons. The lowest BCUT2D eigenvalue weighted by molar-refractivity contribution is 0.185. The van der Waals surface area contributed by atoms with Crippen LogP contribution in [0.1, 0.15) is 36.0 Å². The van der Waals surface area contributed by atoms with Gasteiger partial charge in [0.2, 0.25) is 5.89 Å². The Morgan fingerprint density at radius 3 is 2.88 bits per heavy atom. The molecule has 2 aromatic heterocycles. The second-order valence-corrected chi connectivity index (χ2v) is 6.60. The van der Waals surface area contributed by atoms with E-state index in [9.17, 15) is 0 Å². The van der Waals surface area contributed by atoms with Crippen LogP contribution in [-0.4, -0.2) is 32.9 Å². The van der Waals surface area contributed by atoms with Crippen molar-refractivity contribution in [3.63, 3.8) is 0 Å². The molecular weight excluding hydrogens is 312 g/mol. The summed E-state index contributed by atoms with van der Waals surface area (Å²) in [7, 11) is 0. The van der Waals surface area contributed by atoms with Gasteiger partial charge in [0.1, 0.15) is 11.6 Å². The highest BCUT2D eigenvalue weighted by Gasteiger charge is 2.23. The van der Waals surface area contributed by atoms with E-state index >= 15 is 0 Å².